The van der Waals surface area contributed by atoms with Gasteiger partial charge in [-0.05, 0) is 61.9 Å². The Morgan fingerprint density at radius 3 is 2.42 bits per heavy atom. The molecule has 3 amide bonds. The molecular formula is C32H29ClN4O5S. The van der Waals surface area contributed by atoms with Crippen LogP contribution in [0.15, 0.2) is 78.2 Å². The number of ketones is 1. The highest BCUT2D eigenvalue weighted by Crippen LogP contribution is 2.32. The van der Waals surface area contributed by atoms with Crippen LogP contribution in [0.3, 0.4) is 0 Å². The van der Waals surface area contributed by atoms with Crippen LogP contribution < -0.4 is 15.0 Å². The number of hydrogen-bond donors (Lipinski definition) is 1. The molecule has 220 valence electrons. The number of nitrogens with one attached hydrogen (secondary N) is 1. The van der Waals surface area contributed by atoms with Gasteiger partial charge in [0.15, 0.2) is 0 Å². The quantitative estimate of drug-likeness (QED) is 0.224. The van der Waals surface area contributed by atoms with Crippen LogP contribution in [0.2, 0.25) is 5.02 Å². The van der Waals surface area contributed by atoms with Crippen molar-refractivity contribution in [1.82, 2.24) is 9.88 Å². The predicted molar refractivity (Wildman–Crippen MR) is 167 cm³/mol. The largest absolute Gasteiger partial charge is 0.497 e. The van der Waals surface area contributed by atoms with Gasteiger partial charge in [-0.3, -0.25) is 24.1 Å². The van der Waals surface area contributed by atoms with Gasteiger partial charge in [0, 0.05) is 21.7 Å². The molecule has 1 aromatic heterocycles. The van der Waals surface area contributed by atoms with Crippen LogP contribution >= 0.6 is 22.9 Å². The number of Topliss-reactive ketones (excluding diaryl/α,β-unsaturated/α-hetero) is 1. The topological polar surface area (TPSA) is 109 Å². The summed E-state index contributed by atoms with van der Waals surface area (Å²) >= 11 is 7.40. The molecule has 0 saturated carbocycles. The summed E-state index contributed by atoms with van der Waals surface area (Å²) in [4.78, 5) is 60.8. The molecule has 4 aromatic rings. The number of hydrogen-bond acceptors (Lipinski definition) is 7. The van der Waals surface area contributed by atoms with Crippen LogP contribution in [0.25, 0.3) is 11.3 Å². The van der Waals surface area contributed by atoms with Crippen molar-refractivity contribution >= 4 is 57.8 Å². The first-order chi connectivity index (χ1) is 20.6. The number of para-hydroxylation sites is 1. The van der Waals surface area contributed by atoms with Crippen LogP contribution in [-0.2, 0) is 20.9 Å². The van der Waals surface area contributed by atoms with Crippen molar-refractivity contribution in [2.75, 3.05) is 23.9 Å². The first-order valence-corrected chi connectivity index (χ1v) is 14.8. The fourth-order valence-corrected chi connectivity index (χ4v) is 5.77. The maximum absolute atomic E-state index is 14.1. The molecule has 0 saturated heterocycles. The highest BCUT2D eigenvalue weighted by Gasteiger charge is 2.44. The normalized spacial score (nSPS) is 13.8. The Hall–Kier alpha value is -4.54. The number of methoxy groups -OCH3 is 1. The lowest BCUT2D eigenvalue weighted by atomic mass is 9.94. The van der Waals surface area contributed by atoms with Gasteiger partial charge in [-0.2, -0.15) is 0 Å². The number of benzene rings is 3. The number of aromatic nitrogens is 1. The van der Waals surface area contributed by atoms with Crippen molar-refractivity contribution < 1.29 is 23.9 Å². The van der Waals surface area contributed by atoms with Gasteiger partial charge in [0.05, 0.1) is 30.6 Å². The minimum absolute atomic E-state index is 0.00901. The zero-order valence-electron chi connectivity index (χ0n) is 23.8. The molecule has 0 aliphatic carbocycles. The van der Waals surface area contributed by atoms with E-state index in [1.54, 1.807) is 74.7 Å². The number of halogens is 1. The number of carbonyl (C=O) groups excluding carboxylic acids is 4. The number of anilines is 2. The Morgan fingerprint density at radius 2 is 1.74 bits per heavy atom. The molecule has 5 rings (SSSR count). The minimum Gasteiger partial charge on any atom is -0.497 e. The molecular weight excluding hydrogens is 588 g/mol. The lowest BCUT2D eigenvalue weighted by molar-refractivity contribution is -0.145. The maximum Gasteiger partial charge on any atom is 0.299 e. The summed E-state index contributed by atoms with van der Waals surface area (Å²) in [6.07, 6.45) is 0.264. The van der Waals surface area contributed by atoms with E-state index in [2.05, 4.69) is 5.32 Å². The summed E-state index contributed by atoms with van der Waals surface area (Å²) in [5.41, 5.74) is 1.37. The van der Waals surface area contributed by atoms with Crippen molar-refractivity contribution in [2.45, 2.75) is 32.4 Å². The van der Waals surface area contributed by atoms with E-state index in [1.807, 2.05) is 24.4 Å². The zero-order valence-corrected chi connectivity index (χ0v) is 25.4. The Kier molecular flexibility index (Phi) is 8.61. The van der Waals surface area contributed by atoms with E-state index < -0.39 is 35.6 Å². The SMILES string of the molecule is CCC(C)(C(=O)Nc1ccc(OC)cc1)N(Cc1nc(-c2ccc(Cl)cc2)cs1)C(=O)CN1C(=O)C(=O)c2ccccc21. The fourth-order valence-electron chi connectivity index (χ4n) is 4.85. The molecule has 43 heavy (non-hydrogen) atoms. The number of carbonyl (C=O) groups is 4. The van der Waals surface area contributed by atoms with E-state index >= 15 is 0 Å². The van der Waals surface area contributed by atoms with E-state index in [4.69, 9.17) is 21.3 Å². The molecule has 0 fully saturated rings. The zero-order chi connectivity index (χ0) is 30.7. The summed E-state index contributed by atoms with van der Waals surface area (Å²) in [6, 6.07) is 20.7. The number of rotatable bonds is 10. The second-order valence-corrected chi connectivity index (χ2v) is 11.5. The standard InChI is InChI=1S/C32H29ClN4O5S/c1-4-32(2,31(41)34-22-13-15-23(42-3)16-14-22)37(17-27-35-25(19-43-27)20-9-11-21(33)12-10-20)28(38)18-36-26-8-6-5-7-24(26)29(39)30(36)40/h5-16,19H,4,17-18H2,1-3H3,(H,34,41). The highest BCUT2D eigenvalue weighted by atomic mass is 35.5. The van der Waals surface area contributed by atoms with Gasteiger partial charge in [0.2, 0.25) is 11.8 Å². The second kappa shape index (κ2) is 12.4. The Bertz CT molecular complexity index is 1690. The van der Waals surface area contributed by atoms with Crippen LogP contribution in [0.4, 0.5) is 11.4 Å². The van der Waals surface area contributed by atoms with Gasteiger partial charge in [-0.25, -0.2) is 4.98 Å². The van der Waals surface area contributed by atoms with E-state index in [0.717, 1.165) is 5.56 Å². The van der Waals surface area contributed by atoms with Gasteiger partial charge < -0.3 is 15.0 Å². The van der Waals surface area contributed by atoms with E-state index in [-0.39, 0.29) is 18.5 Å². The number of thiazole rings is 1. The number of nitrogens with zero attached hydrogens (tertiary/aromatic N) is 3. The first-order valence-electron chi connectivity index (χ1n) is 13.6. The summed E-state index contributed by atoms with van der Waals surface area (Å²) in [7, 11) is 1.55. The number of ether oxygens (including phenoxy) is 1. The summed E-state index contributed by atoms with van der Waals surface area (Å²) in [5.74, 6) is -1.73. The van der Waals surface area contributed by atoms with Crippen LogP contribution in [0.5, 0.6) is 5.75 Å². The third-order valence-electron chi connectivity index (χ3n) is 7.58. The molecule has 2 heterocycles. The van der Waals surface area contributed by atoms with Gasteiger partial charge in [0.1, 0.15) is 22.8 Å². The highest BCUT2D eigenvalue weighted by molar-refractivity contribution is 7.09. The number of fused-ring (bicyclic) bond motifs is 1. The van der Waals surface area contributed by atoms with Crippen molar-refractivity contribution in [3.05, 3.63) is 93.8 Å². The smallest absolute Gasteiger partial charge is 0.299 e. The van der Waals surface area contributed by atoms with Crippen molar-refractivity contribution in [3.63, 3.8) is 0 Å². The lowest BCUT2D eigenvalue weighted by Crippen LogP contribution is -2.58. The molecule has 9 nitrogen and oxygen atoms in total. The average Bonchev–Trinajstić information content (AvgIpc) is 3.59. The first kappa shape index (κ1) is 29.9. The third-order valence-corrected chi connectivity index (χ3v) is 8.67. The Balaban J connectivity index is 1.47. The molecule has 11 heteroatoms. The van der Waals surface area contributed by atoms with Crippen LogP contribution in [0, 0.1) is 0 Å². The molecule has 1 N–H and O–H groups in total. The molecule has 3 aromatic carbocycles. The van der Waals surface area contributed by atoms with Gasteiger partial charge in [-0.1, -0.05) is 42.8 Å². The minimum atomic E-state index is -1.34. The molecule has 0 radical (unpaired) electrons. The Labute approximate surface area is 258 Å². The van der Waals surface area contributed by atoms with E-state index in [0.29, 0.717) is 32.8 Å². The van der Waals surface area contributed by atoms with Crippen molar-refractivity contribution in [2.24, 2.45) is 0 Å². The van der Waals surface area contributed by atoms with Gasteiger partial charge in [-0.15, -0.1) is 11.3 Å². The van der Waals surface area contributed by atoms with Crippen molar-refractivity contribution in [3.8, 4) is 17.0 Å². The monoisotopic (exact) mass is 616 g/mol. The predicted octanol–water partition coefficient (Wildman–Crippen LogP) is 5.84. The molecule has 1 aliphatic heterocycles. The number of amides is 3. The fraction of sp³-hybridized carbons (Fsp3) is 0.219. The third kappa shape index (κ3) is 6.02. The molecule has 1 aliphatic rings. The summed E-state index contributed by atoms with van der Waals surface area (Å²) in [5, 5.41) is 5.99. The van der Waals surface area contributed by atoms with Crippen LogP contribution in [-0.4, -0.2) is 52.6 Å². The molecule has 1 unspecified atom stereocenters. The Morgan fingerprint density at radius 1 is 1.05 bits per heavy atom. The second-order valence-electron chi connectivity index (χ2n) is 10.2. The average molecular weight is 617 g/mol. The van der Waals surface area contributed by atoms with E-state index in [9.17, 15) is 19.2 Å². The lowest BCUT2D eigenvalue weighted by Gasteiger charge is -2.39. The van der Waals surface area contributed by atoms with Crippen LogP contribution in [0.1, 0.15) is 35.6 Å². The van der Waals surface area contributed by atoms with Gasteiger partial charge in [0.25, 0.3) is 11.7 Å². The summed E-state index contributed by atoms with van der Waals surface area (Å²) < 4.78 is 5.21. The molecule has 1 atom stereocenters. The van der Waals surface area contributed by atoms with Crippen molar-refractivity contribution in [1.29, 1.82) is 0 Å². The summed E-state index contributed by atoms with van der Waals surface area (Å²) in [6.45, 7) is 3.09. The molecule has 0 bridgehead atoms. The maximum atomic E-state index is 14.1. The van der Waals surface area contributed by atoms with E-state index in [1.165, 1.54) is 21.1 Å². The molecule has 0 spiro atoms. The van der Waals surface area contributed by atoms with Gasteiger partial charge >= 0.3 is 0 Å².